The Balaban J connectivity index is 2.16. The molecule has 0 radical (unpaired) electrons. The zero-order valence-corrected chi connectivity index (χ0v) is 23.8. The summed E-state index contributed by atoms with van der Waals surface area (Å²) in [6.07, 6.45) is 11.6. The molecule has 1 saturated carbocycles. The largest absolute Gasteiger partial charge is 0.481 e. The van der Waals surface area contributed by atoms with Crippen LogP contribution in [0.2, 0.25) is 0 Å². The lowest BCUT2D eigenvalue weighted by Gasteiger charge is -2.31. The SMILES string of the molecule is CCCC[C@@H](C[C@@H](CCc1ccc(C2CCCCCC2)cc1)C(=O)N[C@H](C(=O)NC)C(C)(C)C)C(=O)O. The van der Waals surface area contributed by atoms with Crippen molar-refractivity contribution in [1.82, 2.24) is 10.6 Å². The van der Waals surface area contributed by atoms with Crippen molar-refractivity contribution < 1.29 is 19.5 Å². The highest BCUT2D eigenvalue weighted by molar-refractivity contribution is 5.89. The van der Waals surface area contributed by atoms with Crippen LogP contribution in [0.3, 0.4) is 0 Å². The molecule has 0 spiro atoms. The molecule has 0 saturated heterocycles. The summed E-state index contributed by atoms with van der Waals surface area (Å²) in [6, 6.07) is 8.13. The molecule has 6 nitrogen and oxygen atoms in total. The van der Waals surface area contributed by atoms with E-state index in [1.54, 1.807) is 7.05 Å². The lowest BCUT2D eigenvalue weighted by Crippen LogP contribution is -2.54. The van der Waals surface area contributed by atoms with Gasteiger partial charge < -0.3 is 15.7 Å². The van der Waals surface area contributed by atoms with Crippen molar-refractivity contribution in [1.29, 1.82) is 0 Å². The number of carboxylic acids is 1. The smallest absolute Gasteiger partial charge is 0.306 e. The number of nitrogens with one attached hydrogen (secondary N) is 2. The van der Waals surface area contributed by atoms with Crippen molar-refractivity contribution in [3.8, 4) is 0 Å². The second-order valence-corrected chi connectivity index (χ2v) is 12.0. The molecule has 37 heavy (non-hydrogen) atoms. The van der Waals surface area contributed by atoms with Crippen molar-refractivity contribution in [2.75, 3.05) is 7.05 Å². The monoisotopic (exact) mass is 514 g/mol. The molecule has 3 N–H and O–H groups in total. The van der Waals surface area contributed by atoms with Crippen molar-refractivity contribution in [3.63, 3.8) is 0 Å². The third kappa shape index (κ3) is 10.1. The fraction of sp³-hybridized carbons (Fsp3) is 0.710. The first kappa shape index (κ1) is 30.9. The first-order valence-electron chi connectivity index (χ1n) is 14.4. The van der Waals surface area contributed by atoms with E-state index >= 15 is 0 Å². The fourth-order valence-electron chi connectivity index (χ4n) is 5.48. The second kappa shape index (κ2) is 15.1. The molecule has 3 atom stereocenters. The number of carbonyl (C=O) groups is 3. The third-order valence-corrected chi connectivity index (χ3v) is 7.94. The number of likely N-dealkylation sites (N-methyl/N-ethyl adjacent to an activating group) is 1. The molecule has 1 aliphatic rings. The molecule has 208 valence electrons. The van der Waals surface area contributed by atoms with Crippen molar-refractivity contribution in [3.05, 3.63) is 35.4 Å². The van der Waals surface area contributed by atoms with Crippen LogP contribution in [0.15, 0.2) is 24.3 Å². The van der Waals surface area contributed by atoms with Crippen LogP contribution >= 0.6 is 0 Å². The predicted molar refractivity (Wildman–Crippen MR) is 149 cm³/mol. The van der Waals surface area contributed by atoms with Crippen LogP contribution in [0, 0.1) is 17.3 Å². The first-order valence-corrected chi connectivity index (χ1v) is 14.4. The normalized spacial score (nSPS) is 17.3. The lowest BCUT2D eigenvalue weighted by molar-refractivity contribution is -0.143. The Bertz CT molecular complexity index is 851. The van der Waals surface area contributed by atoms with Gasteiger partial charge in [-0.25, -0.2) is 0 Å². The van der Waals surface area contributed by atoms with Gasteiger partial charge in [0.15, 0.2) is 0 Å². The van der Waals surface area contributed by atoms with Gasteiger partial charge in [-0.2, -0.15) is 0 Å². The molecule has 1 aromatic carbocycles. The summed E-state index contributed by atoms with van der Waals surface area (Å²) in [5.74, 6) is -1.73. The van der Waals surface area contributed by atoms with Gasteiger partial charge in [-0.3, -0.25) is 14.4 Å². The Morgan fingerprint density at radius 2 is 1.57 bits per heavy atom. The number of carboxylic acid groups (broad SMARTS) is 1. The molecule has 0 bridgehead atoms. The van der Waals surface area contributed by atoms with Gasteiger partial charge in [-0.05, 0) is 61.0 Å². The second-order valence-electron chi connectivity index (χ2n) is 12.0. The number of aliphatic carboxylic acids is 1. The molecule has 0 unspecified atom stereocenters. The van der Waals surface area contributed by atoms with E-state index in [1.165, 1.54) is 44.1 Å². The maximum absolute atomic E-state index is 13.5. The molecule has 0 heterocycles. The summed E-state index contributed by atoms with van der Waals surface area (Å²) in [4.78, 5) is 38.0. The molecule has 1 fully saturated rings. The fourth-order valence-corrected chi connectivity index (χ4v) is 5.48. The van der Waals surface area contributed by atoms with E-state index in [2.05, 4.69) is 34.9 Å². The number of aryl methyl sites for hydroxylation is 1. The van der Waals surface area contributed by atoms with Crippen LogP contribution in [0.1, 0.15) is 115 Å². The summed E-state index contributed by atoms with van der Waals surface area (Å²) < 4.78 is 0. The molecule has 2 rings (SSSR count). The number of unbranched alkanes of at least 4 members (excludes halogenated alkanes) is 1. The van der Waals surface area contributed by atoms with Gasteiger partial charge in [0.05, 0.1) is 5.92 Å². The maximum Gasteiger partial charge on any atom is 0.306 e. The first-order chi connectivity index (χ1) is 17.6. The summed E-state index contributed by atoms with van der Waals surface area (Å²) in [7, 11) is 1.56. The van der Waals surface area contributed by atoms with Gasteiger partial charge in [-0.1, -0.05) is 90.5 Å². The molecule has 0 aliphatic heterocycles. The lowest BCUT2D eigenvalue weighted by atomic mass is 9.83. The van der Waals surface area contributed by atoms with Gasteiger partial charge in [0.25, 0.3) is 0 Å². The summed E-state index contributed by atoms with van der Waals surface area (Å²) >= 11 is 0. The summed E-state index contributed by atoms with van der Waals surface area (Å²) in [5, 5.41) is 15.4. The molecule has 2 amide bonds. The Labute approximate surface area is 224 Å². The van der Waals surface area contributed by atoms with Gasteiger partial charge in [0, 0.05) is 13.0 Å². The minimum absolute atomic E-state index is 0.235. The highest BCUT2D eigenvalue weighted by Gasteiger charge is 2.35. The Morgan fingerprint density at radius 1 is 0.946 bits per heavy atom. The van der Waals surface area contributed by atoms with E-state index in [0.717, 1.165) is 18.4 Å². The molecule has 6 heteroatoms. The van der Waals surface area contributed by atoms with Crippen molar-refractivity contribution in [2.45, 2.75) is 117 Å². The summed E-state index contributed by atoms with van der Waals surface area (Å²) in [6.45, 7) is 7.79. The number of carbonyl (C=O) groups excluding carboxylic acids is 2. The zero-order valence-electron chi connectivity index (χ0n) is 23.8. The number of amides is 2. The van der Waals surface area contributed by atoms with Crippen molar-refractivity contribution in [2.24, 2.45) is 17.3 Å². The van der Waals surface area contributed by atoms with E-state index in [1.807, 2.05) is 27.7 Å². The van der Waals surface area contributed by atoms with E-state index in [0.29, 0.717) is 25.2 Å². The van der Waals surface area contributed by atoms with Crippen LogP contribution in [0.4, 0.5) is 0 Å². The van der Waals surface area contributed by atoms with Gasteiger partial charge >= 0.3 is 5.97 Å². The highest BCUT2D eigenvalue weighted by Crippen LogP contribution is 2.32. The number of benzene rings is 1. The quantitative estimate of drug-likeness (QED) is 0.272. The van der Waals surface area contributed by atoms with Crippen LogP contribution in [0.25, 0.3) is 0 Å². The van der Waals surface area contributed by atoms with Gasteiger partial charge in [0.1, 0.15) is 6.04 Å². The van der Waals surface area contributed by atoms with E-state index in [9.17, 15) is 19.5 Å². The number of hydrogen-bond donors (Lipinski definition) is 3. The Kier molecular flexibility index (Phi) is 12.6. The minimum atomic E-state index is -0.849. The third-order valence-electron chi connectivity index (χ3n) is 7.94. The molecule has 1 aromatic rings. The van der Waals surface area contributed by atoms with Crippen LogP contribution in [-0.4, -0.2) is 36.0 Å². The molecular formula is C31H50N2O4. The van der Waals surface area contributed by atoms with Gasteiger partial charge in [-0.15, -0.1) is 0 Å². The summed E-state index contributed by atoms with van der Waals surface area (Å²) in [5.41, 5.74) is 2.10. The minimum Gasteiger partial charge on any atom is -0.481 e. The number of rotatable bonds is 13. The highest BCUT2D eigenvalue weighted by atomic mass is 16.4. The van der Waals surface area contributed by atoms with Crippen LogP contribution in [0.5, 0.6) is 0 Å². The Hall–Kier alpha value is -2.37. The zero-order chi connectivity index (χ0) is 27.4. The van der Waals surface area contributed by atoms with E-state index < -0.39 is 29.3 Å². The standard InChI is InChI=1S/C31H50N2O4/c1-6-7-12-26(30(36)37)21-25(28(34)33-27(29(35)32-5)31(2,3)4)20-17-22-15-18-24(19-16-22)23-13-10-8-9-11-14-23/h15-16,18-19,23,25-27H,6-14,17,20-21H2,1-5H3,(H,32,35)(H,33,34)(H,36,37)/t25-,26+,27-/m1/s1. The molecule has 0 aromatic heterocycles. The van der Waals surface area contributed by atoms with Crippen molar-refractivity contribution >= 4 is 17.8 Å². The van der Waals surface area contributed by atoms with Gasteiger partial charge in [0.2, 0.25) is 11.8 Å². The molecular weight excluding hydrogens is 464 g/mol. The molecule has 1 aliphatic carbocycles. The van der Waals surface area contributed by atoms with E-state index in [-0.39, 0.29) is 18.2 Å². The van der Waals surface area contributed by atoms with Crippen LogP contribution in [-0.2, 0) is 20.8 Å². The predicted octanol–water partition coefficient (Wildman–Crippen LogP) is 6.23. The van der Waals surface area contributed by atoms with E-state index in [4.69, 9.17) is 0 Å². The van der Waals surface area contributed by atoms with Crippen LogP contribution < -0.4 is 10.6 Å². The average molecular weight is 515 g/mol. The number of hydrogen-bond acceptors (Lipinski definition) is 3. The average Bonchev–Trinajstić information content (AvgIpc) is 3.15. The topological polar surface area (TPSA) is 95.5 Å². The Morgan fingerprint density at radius 3 is 2.08 bits per heavy atom. The maximum atomic E-state index is 13.5.